The molecule has 1 atom stereocenters. The predicted octanol–water partition coefficient (Wildman–Crippen LogP) is 6.50. The van der Waals surface area contributed by atoms with Gasteiger partial charge in [0.2, 0.25) is 0 Å². The highest BCUT2D eigenvalue weighted by Gasteiger charge is 2.50. The molecule has 0 saturated heterocycles. The summed E-state index contributed by atoms with van der Waals surface area (Å²) in [5.74, 6) is 3.23. The van der Waals surface area contributed by atoms with Crippen molar-refractivity contribution in [3.8, 4) is 0 Å². The number of carbonyl (C=O) groups excluding carboxylic acids is 1. The maximum absolute atomic E-state index is 13.0. The lowest BCUT2D eigenvalue weighted by molar-refractivity contribution is -0.0606. The van der Waals surface area contributed by atoms with E-state index in [0.717, 1.165) is 43.7 Å². The lowest BCUT2D eigenvalue weighted by atomic mass is 9.49. The number of hydrogen-bond donors (Lipinski definition) is 0. The molecule has 1 amide bonds. The number of ether oxygens (including phenoxy) is 1. The van der Waals surface area contributed by atoms with Gasteiger partial charge in [-0.2, -0.15) is 0 Å². The van der Waals surface area contributed by atoms with Crippen LogP contribution in [0.2, 0.25) is 0 Å². The molecule has 4 saturated carbocycles. The summed E-state index contributed by atoms with van der Waals surface area (Å²) in [6, 6.07) is 4.09. The summed E-state index contributed by atoms with van der Waals surface area (Å²) in [4.78, 5) is 19.1. The molecule has 1 unspecified atom stereocenters. The van der Waals surface area contributed by atoms with Crippen molar-refractivity contribution in [2.24, 2.45) is 29.1 Å². The molecule has 31 heavy (non-hydrogen) atoms. The molecule has 0 aliphatic heterocycles. The first-order valence-corrected chi connectivity index (χ1v) is 12.9. The molecule has 4 nitrogen and oxygen atoms in total. The van der Waals surface area contributed by atoms with Gasteiger partial charge < -0.3 is 9.64 Å². The topological polar surface area (TPSA) is 42.4 Å². The SMILES string of the molecule is CCCCCN(CCC12CC3CC(CC(C3)C1)C2)C(=O)OCC(C)Cc1ccncc1. The average Bonchev–Trinajstić information content (AvgIpc) is 2.74. The summed E-state index contributed by atoms with van der Waals surface area (Å²) in [5, 5.41) is 0. The first kappa shape index (κ1) is 22.6. The number of nitrogens with zero attached hydrogens (tertiary/aromatic N) is 2. The van der Waals surface area contributed by atoms with Crippen molar-refractivity contribution in [2.45, 2.75) is 84.5 Å². The summed E-state index contributed by atoms with van der Waals surface area (Å²) in [7, 11) is 0. The Morgan fingerprint density at radius 1 is 1.10 bits per heavy atom. The van der Waals surface area contributed by atoms with E-state index in [4.69, 9.17) is 4.74 Å². The van der Waals surface area contributed by atoms with Crippen LogP contribution in [0.1, 0.15) is 83.6 Å². The zero-order valence-electron chi connectivity index (χ0n) is 19.7. The zero-order valence-corrected chi connectivity index (χ0v) is 19.7. The first-order valence-electron chi connectivity index (χ1n) is 12.9. The lowest BCUT2D eigenvalue weighted by Crippen LogP contribution is -2.47. The van der Waals surface area contributed by atoms with Gasteiger partial charge in [-0.1, -0.05) is 26.7 Å². The summed E-state index contributed by atoms with van der Waals surface area (Å²) < 4.78 is 5.81. The third-order valence-corrected chi connectivity index (χ3v) is 8.19. The molecule has 1 aromatic heterocycles. The van der Waals surface area contributed by atoms with Crippen molar-refractivity contribution >= 4 is 6.09 Å². The Kier molecular flexibility index (Phi) is 7.55. The van der Waals surface area contributed by atoms with Gasteiger partial charge in [-0.25, -0.2) is 4.79 Å². The normalized spacial score (nSPS) is 29.7. The Balaban J connectivity index is 1.28. The number of carbonyl (C=O) groups is 1. The molecule has 1 aromatic rings. The molecule has 0 aromatic carbocycles. The second kappa shape index (κ2) is 10.4. The standard InChI is InChI=1S/C27H42N2O2/c1-3-4-5-11-29(26(30)31-20-21(2)13-22-6-9-28-10-7-22)12-8-27-17-23-14-24(18-27)16-25(15-23)19-27/h6-7,9-10,21,23-25H,3-5,8,11-20H2,1-2H3. The molecule has 4 aliphatic carbocycles. The van der Waals surface area contributed by atoms with Crippen LogP contribution in [0.5, 0.6) is 0 Å². The van der Waals surface area contributed by atoms with Gasteiger partial charge >= 0.3 is 6.09 Å². The fourth-order valence-electron chi connectivity index (χ4n) is 7.10. The molecule has 0 N–H and O–H groups in total. The van der Waals surface area contributed by atoms with E-state index < -0.39 is 0 Å². The Morgan fingerprint density at radius 2 is 1.74 bits per heavy atom. The molecule has 4 aliphatic rings. The van der Waals surface area contributed by atoms with Crippen LogP contribution in [0.3, 0.4) is 0 Å². The van der Waals surface area contributed by atoms with E-state index >= 15 is 0 Å². The fourth-order valence-corrected chi connectivity index (χ4v) is 7.10. The van der Waals surface area contributed by atoms with Crippen LogP contribution in [0, 0.1) is 29.1 Å². The van der Waals surface area contributed by atoms with Gasteiger partial charge in [0.05, 0.1) is 6.61 Å². The van der Waals surface area contributed by atoms with Crippen LogP contribution in [-0.4, -0.2) is 35.7 Å². The molecule has 4 heteroatoms. The number of rotatable bonds is 11. The molecule has 1 heterocycles. The maximum atomic E-state index is 13.0. The number of amides is 1. The third-order valence-electron chi connectivity index (χ3n) is 8.19. The smallest absolute Gasteiger partial charge is 0.409 e. The Labute approximate surface area is 189 Å². The number of pyridine rings is 1. The largest absolute Gasteiger partial charge is 0.449 e. The van der Waals surface area contributed by atoms with Crippen molar-refractivity contribution in [1.82, 2.24) is 9.88 Å². The van der Waals surface area contributed by atoms with Crippen molar-refractivity contribution < 1.29 is 9.53 Å². The van der Waals surface area contributed by atoms with Crippen molar-refractivity contribution in [3.63, 3.8) is 0 Å². The highest BCUT2D eigenvalue weighted by molar-refractivity contribution is 5.67. The third kappa shape index (κ3) is 6.02. The van der Waals surface area contributed by atoms with Crippen molar-refractivity contribution in [1.29, 1.82) is 0 Å². The monoisotopic (exact) mass is 426 g/mol. The molecule has 4 fully saturated rings. The van der Waals surface area contributed by atoms with Crippen LogP contribution >= 0.6 is 0 Å². The fraction of sp³-hybridized carbons (Fsp3) is 0.778. The summed E-state index contributed by atoms with van der Waals surface area (Å²) >= 11 is 0. The highest BCUT2D eigenvalue weighted by atomic mass is 16.6. The second-order valence-electron chi connectivity index (χ2n) is 11.1. The summed E-state index contributed by atoms with van der Waals surface area (Å²) in [5.41, 5.74) is 1.77. The van der Waals surface area contributed by atoms with Crippen molar-refractivity contribution in [3.05, 3.63) is 30.1 Å². The van der Waals surface area contributed by atoms with E-state index in [9.17, 15) is 4.79 Å². The second-order valence-corrected chi connectivity index (χ2v) is 11.1. The Hall–Kier alpha value is -1.58. The quantitative estimate of drug-likeness (QED) is 0.380. The lowest BCUT2D eigenvalue weighted by Gasteiger charge is -2.57. The van der Waals surface area contributed by atoms with Crippen molar-refractivity contribution in [2.75, 3.05) is 19.7 Å². The minimum atomic E-state index is -0.0950. The van der Waals surface area contributed by atoms with E-state index in [0.29, 0.717) is 17.9 Å². The van der Waals surface area contributed by atoms with Crippen LogP contribution in [-0.2, 0) is 11.2 Å². The minimum Gasteiger partial charge on any atom is -0.449 e. The Morgan fingerprint density at radius 3 is 2.35 bits per heavy atom. The van der Waals surface area contributed by atoms with Crippen LogP contribution in [0.15, 0.2) is 24.5 Å². The number of unbranched alkanes of at least 4 members (excludes halogenated alkanes) is 2. The average molecular weight is 427 g/mol. The number of hydrogen-bond acceptors (Lipinski definition) is 3. The van der Waals surface area contributed by atoms with Gasteiger partial charge in [-0.3, -0.25) is 4.98 Å². The van der Waals surface area contributed by atoms with Gasteiger partial charge in [-0.15, -0.1) is 0 Å². The van der Waals surface area contributed by atoms with Gasteiger partial charge in [0.1, 0.15) is 0 Å². The van der Waals surface area contributed by atoms with Crippen LogP contribution in [0.25, 0.3) is 0 Å². The molecule has 0 spiro atoms. The first-order chi connectivity index (χ1) is 15.0. The van der Waals surface area contributed by atoms with Gasteiger partial charge in [-0.05, 0) is 105 Å². The van der Waals surface area contributed by atoms with Crippen LogP contribution < -0.4 is 0 Å². The Bertz CT molecular complexity index is 669. The molecular formula is C27H42N2O2. The highest BCUT2D eigenvalue weighted by Crippen LogP contribution is 2.61. The predicted molar refractivity (Wildman–Crippen MR) is 125 cm³/mol. The zero-order chi connectivity index (χ0) is 21.7. The van der Waals surface area contributed by atoms with E-state index in [1.807, 2.05) is 29.4 Å². The van der Waals surface area contributed by atoms with Crippen LogP contribution in [0.4, 0.5) is 4.79 Å². The van der Waals surface area contributed by atoms with E-state index in [2.05, 4.69) is 18.8 Å². The molecule has 172 valence electrons. The maximum Gasteiger partial charge on any atom is 0.409 e. The van der Waals surface area contributed by atoms with E-state index in [-0.39, 0.29) is 6.09 Å². The van der Waals surface area contributed by atoms with E-state index in [1.54, 1.807) is 0 Å². The molecule has 5 rings (SSSR count). The summed E-state index contributed by atoms with van der Waals surface area (Å²) in [6.45, 7) is 6.59. The van der Waals surface area contributed by atoms with E-state index in [1.165, 1.54) is 63.4 Å². The van der Waals surface area contributed by atoms with Gasteiger partial charge in [0, 0.05) is 25.5 Å². The van der Waals surface area contributed by atoms with Gasteiger partial charge in [0.15, 0.2) is 0 Å². The number of aromatic nitrogens is 1. The molecule has 4 bridgehead atoms. The minimum absolute atomic E-state index is 0.0950. The van der Waals surface area contributed by atoms with Gasteiger partial charge in [0.25, 0.3) is 0 Å². The summed E-state index contributed by atoms with van der Waals surface area (Å²) in [6.07, 6.45) is 17.8. The molecular weight excluding hydrogens is 384 g/mol. The molecule has 0 radical (unpaired) electrons.